The standard InChI is InChI=1S/C28H32O6/c1-16-18-9-12-28(23(16)29)21(13-18)27-11-4-10-26(2,15-33-25(27)31)20(27)14-22(28)34-24(30)17-5-7-19(32-3)8-6-17/h5-8,18,20-22H,1,4,9-15H2,2-3H3/t18-,20?,21?,22+,26-,27?,28?/m0/s1. The second-order valence-corrected chi connectivity index (χ2v) is 11.5. The van der Waals surface area contributed by atoms with Crippen LogP contribution in [0.5, 0.6) is 5.75 Å². The van der Waals surface area contributed by atoms with Crippen LogP contribution >= 0.6 is 0 Å². The van der Waals surface area contributed by atoms with Crippen molar-refractivity contribution in [1.82, 2.24) is 0 Å². The normalized spacial score (nSPS) is 42.4. The topological polar surface area (TPSA) is 78.9 Å². The average Bonchev–Trinajstić information content (AvgIpc) is 2.85. The molecule has 4 unspecified atom stereocenters. The fraction of sp³-hybridized carbons (Fsp3) is 0.607. The molecule has 0 amide bonds. The van der Waals surface area contributed by atoms with Crippen LogP contribution in [0.1, 0.15) is 62.2 Å². The van der Waals surface area contributed by atoms with Gasteiger partial charge in [-0.3, -0.25) is 9.59 Å². The lowest BCUT2D eigenvalue weighted by molar-refractivity contribution is -0.254. The van der Waals surface area contributed by atoms with E-state index < -0.39 is 22.9 Å². The lowest BCUT2D eigenvalue weighted by atomic mass is 9.35. The predicted molar refractivity (Wildman–Crippen MR) is 123 cm³/mol. The highest BCUT2D eigenvalue weighted by Crippen LogP contribution is 2.73. The van der Waals surface area contributed by atoms with Gasteiger partial charge in [0.2, 0.25) is 0 Å². The van der Waals surface area contributed by atoms with Crippen molar-refractivity contribution >= 4 is 17.7 Å². The molecule has 1 aromatic rings. The molecule has 6 nitrogen and oxygen atoms in total. The SMILES string of the molecule is C=C1C(=O)C23CC[C@H]1CC2C12CCC[C@@](C)(COC1=O)C2C[C@H]3OC(=O)c1ccc(OC)cc1. The molecule has 6 fully saturated rings. The summed E-state index contributed by atoms with van der Waals surface area (Å²) in [5.41, 5.74) is -0.637. The molecule has 1 aromatic carbocycles. The summed E-state index contributed by atoms with van der Waals surface area (Å²) in [6.45, 7) is 6.76. The highest BCUT2D eigenvalue weighted by atomic mass is 16.5. The van der Waals surface area contributed by atoms with Gasteiger partial charge in [-0.05, 0) is 86.1 Å². The van der Waals surface area contributed by atoms with E-state index in [2.05, 4.69) is 13.5 Å². The van der Waals surface area contributed by atoms with Gasteiger partial charge in [0.15, 0.2) is 5.78 Å². The molecule has 1 saturated heterocycles. The zero-order valence-electron chi connectivity index (χ0n) is 19.9. The van der Waals surface area contributed by atoms with Crippen LogP contribution in [-0.4, -0.2) is 37.5 Å². The number of Topliss-reactive ketones (excluding diaryl/α,β-unsaturated/α-hetero) is 1. The Kier molecular flexibility index (Phi) is 4.62. The molecule has 0 N–H and O–H groups in total. The van der Waals surface area contributed by atoms with Gasteiger partial charge in [-0.2, -0.15) is 0 Å². The molecule has 5 aliphatic carbocycles. The minimum Gasteiger partial charge on any atom is -0.497 e. The Hall–Kier alpha value is -2.63. The summed E-state index contributed by atoms with van der Waals surface area (Å²) >= 11 is 0. The molecule has 34 heavy (non-hydrogen) atoms. The first-order chi connectivity index (χ1) is 16.3. The van der Waals surface area contributed by atoms with E-state index in [1.54, 1.807) is 31.4 Å². The average molecular weight is 465 g/mol. The maximum Gasteiger partial charge on any atom is 0.338 e. The van der Waals surface area contributed by atoms with Crippen molar-refractivity contribution < 1.29 is 28.6 Å². The second kappa shape index (κ2) is 7.19. The number of cyclic esters (lactones) is 1. The Bertz CT molecular complexity index is 1090. The van der Waals surface area contributed by atoms with Crippen molar-refractivity contribution in [3.8, 4) is 5.75 Å². The maximum atomic E-state index is 13.9. The van der Waals surface area contributed by atoms with Gasteiger partial charge in [0.05, 0.1) is 30.1 Å². The fourth-order valence-electron chi connectivity index (χ4n) is 8.57. The zero-order chi connectivity index (χ0) is 23.9. The van der Waals surface area contributed by atoms with Crippen LogP contribution in [0.25, 0.3) is 0 Å². The lowest BCUT2D eigenvalue weighted by Gasteiger charge is -2.69. The number of fused-ring (bicyclic) bond motifs is 2. The van der Waals surface area contributed by atoms with Crippen molar-refractivity contribution in [3.05, 3.63) is 42.0 Å². The highest BCUT2D eigenvalue weighted by Gasteiger charge is 2.76. The molecule has 7 atom stereocenters. The van der Waals surface area contributed by atoms with Crippen LogP contribution in [0.15, 0.2) is 36.4 Å². The summed E-state index contributed by atoms with van der Waals surface area (Å²) in [5, 5.41) is 0. The highest BCUT2D eigenvalue weighted by molar-refractivity contribution is 6.03. The summed E-state index contributed by atoms with van der Waals surface area (Å²) < 4.78 is 17.3. The van der Waals surface area contributed by atoms with Gasteiger partial charge >= 0.3 is 11.9 Å². The van der Waals surface area contributed by atoms with Crippen LogP contribution in [0.4, 0.5) is 0 Å². The van der Waals surface area contributed by atoms with Crippen molar-refractivity contribution in [2.24, 2.45) is 34.0 Å². The first-order valence-corrected chi connectivity index (χ1v) is 12.5. The van der Waals surface area contributed by atoms with Crippen LogP contribution in [0.2, 0.25) is 0 Å². The molecule has 4 bridgehead atoms. The van der Waals surface area contributed by atoms with E-state index in [9.17, 15) is 14.4 Å². The van der Waals surface area contributed by atoms with Crippen LogP contribution < -0.4 is 4.74 Å². The van der Waals surface area contributed by atoms with E-state index in [1.165, 1.54) is 0 Å². The Morgan fingerprint density at radius 2 is 1.82 bits per heavy atom. The molecule has 0 radical (unpaired) electrons. The minimum atomic E-state index is -0.890. The van der Waals surface area contributed by atoms with Crippen molar-refractivity contribution in [2.45, 2.75) is 58.0 Å². The van der Waals surface area contributed by atoms with Gasteiger partial charge in [-0.1, -0.05) is 19.9 Å². The van der Waals surface area contributed by atoms with Crippen molar-refractivity contribution in [3.63, 3.8) is 0 Å². The lowest BCUT2D eigenvalue weighted by Crippen LogP contribution is -2.73. The molecule has 6 heteroatoms. The van der Waals surface area contributed by atoms with Gasteiger partial charge in [0.25, 0.3) is 0 Å². The van der Waals surface area contributed by atoms with E-state index in [1.807, 2.05) is 0 Å². The number of carbonyl (C=O) groups excluding carboxylic acids is 3. The quantitative estimate of drug-likeness (QED) is 0.484. The van der Waals surface area contributed by atoms with E-state index in [4.69, 9.17) is 14.2 Å². The van der Waals surface area contributed by atoms with Gasteiger partial charge in [0, 0.05) is 5.41 Å². The van der Waals surface area contributed by atoms with Crippen LogP contribution in [0, 0.1) is 34.0 Å². The molecule has 0 aromatic heterocycles. The number of hydrogen-bond acceptors (Lipinski definition) is 6. The summed E-state index contributed by atoms with van der Waals surface area (Å²) in [6, 6.07) is 6.84. The molecule has 6 aliphatic rings. The summed E-state index contributed by atoms with van der Waals surface area (Å²) in [6.07, 6.45) is 4.89. The summed E-state index contributed by atoms with van der Waals surface area (Å²) in [4.78, 5) is 40.8. The Labute approximate surface area is 200 Å². The molecule has 1 aliphatic heterocycles. The molecule has 7 rings (SSSR count). The first-order valence-electron chi connectivity index (χ1n) is 12.5. The zero-order valence-corrected chi connectivity index (χ0v) is 19.9. The third-order valence-electron chi connectivity index (χ3n) is 10.2. The third-order valence-corrected chi connectivity index (χ3v) is 10.2. The smallest absolute Gasteiger partial charge is 0.338 e. The Balaban J connectivity index is 1.44. The third kappa shape index (κ3) is 2.60. The van der Waals surface area contributed by atoms with Crippen LogP contribution in [0.3, 0.4) is 0 Å². The van der Waals surface area contributed by atoms with Gasteiger partial charge in [-0.15, -0.1) is 0 Å². The van der Waals surface area contributed by atoms with Crippen molar-refractivity contribution in [1.29, 1.82) is 0 Å². The number of carbonyl (C=O) groups is 3. The summed E-state index contributed by atoms with van der Waals surface area (Å²) in [5.74, 6) is 0.0745. The number of ketones is 1. The number of rotatable bonds is 3. The Morgan fingerprint density at radius 1 is 1.06 bits per heavy atom. The van der Waals surface area contributed by atoms with E-state index in [0.29, 0.717) is 36.3 Å². The largest absolute Gasteiger partial charge is 0.497 e. The van der Waals surface area contributed by atoms with E-state index in [0.717, 1.165) is 32.1 Å². The molecule has 180 valence electrons. The molecule has 1 spiro atoms. The van der Waals surface area contributed by atoms with E-state index in [-0.39, 0.29) is 34.9 Å². The number of hydrogen-bond donors (Lipinski definition) is 0. The van der Waals surface area contributed by atoms with E-state index >= 15 is 0 Å². The molecule has 1 heterocycles. The van der Waals surface area contributed by atoms with Gasteiger partial charge < -0.3 is 14.2 Å². The van der Waals surface area contributed by atoms with Gasteiger partial charge in [0.1, 0.15) is 11.9 Å². The van der Waals surface area contributed by atoms with Gasteiger partial charge in [-0.25, -0.2) is 4.79 Å². The molecular weight excluding hydrogens is 432 g/mol. The van der Waals surface area contributed by atoms with Crippen molar-refractivity contribution in [2.75, 3.05) is 13.7 Å². The first kappa shape index (κ1) is 21.9. The number of ether oxygens (including phenoxy) is 3. The minimum absolute atomic E-state index is 0.00556. The number of benzene rings is 1. The Morgan fingerprint density at radius 3 is 2.56 bits per heavy atom. The predicted octanol–water partition coefficient (Wildman–Crippen LogP) is 4.52. The monoisotopic (exact) mass is 464 g/mol. The number of methoxy groups -OCH3 is 1. The van der Waals surface area contributed by atoms with Crippen LogP contribution in [-0.2, 0) is 19.1 Å². The molecular formula is C28H32O6. The molecule has 5 saturated carbocycles. The number of allylic oxidation sites excluding steroid dienone is 1. The maximum absolute atomic E-state index is 13.9. The summed E-state index contributed by atoms with van der Waals surface area (Å²) in [7, 11) is 1.58. The fourth-order valence-corrected chi connectivity index (χ4v) is 8.57. The second-order valence-electron chi connectivity index (χ2n) is 11.5. The number of esters is 2.